The van der Waals surface area contributed by atoms with Gasteiger partial charge >= 0.3 is 0 Å². The Morgan fingerprint density at radius 2 is 2.00 bits per heavy atom. The number of hydrogen-bond acceptors (Lipinski definition) is 2. The molecule has 0 N–H and O–H groups in total. The predicted octanol–water partition coefficient (Wildman–Crippen LogP) is 3.44. The summed E-state index contributed by atoms with van der Waals surface area (Å²) in [5.41, 5.74) is 0. The molecular weight excluding hydrogens is 212 g/mol. The molecule has 2 heteroatoms. The van der Waals surface area contributed by atoms with Gasteiger partial charge in [-0.05, 0) is 49.4 Å². The minimum atomic E-state index is -0.104. The molecule has 2 rings (SSSR count). The molecule has 0 saturated heterocycles. The molecule has 0 bridgehead atoms. The lowest BCUT2D eigenvalue weighted by atomic mass is 9.99. The van der Waals surface area contributed by atoms with E-state index in [0.29, 0.717) is 18.1 Å². The number of Topliss-reactive ketones (excluding diaryl/α,β-unsaturated/α-hetero) is 1. The molecule has 0 spiro atoms. The lowest BCUT2D eigenvalue weighted by Crippen LogP contribution is -2.27. The van der Waals surface area contributed by atoms with Gasteiger partial charge in [0.25, 0.3) is 0 Å². The van der Waals surface area contributed by atoms with Crippen LogP contribution in [0.15, 0.2) is 0 Å². The van der Waals surface area contributed by atoms with Gasteiger partial charge in [-0.15, -0.1) is 0 Å². The first-order valence-corrected chi connectivity index (χ1v) is 7.20. The number of ketones is 1. The molecule has 0 aromatic rings. The highest BCUT2D eigenvalue weighted by molar-refractivity contribution is 5.83. The van der Waals surface area contributed by atoms with Crippen molar-refractivity contribution in [2.45, 2.75) is 59.0 Å². The summed E-state index contributed by atoms with van der Waals surface area (Å²) in [6.07, 6.45) is 5.43. The summed E-state index contributed by atoms with van der Waals surface area (Å²) in [7, 11) is 0. The van der Waals surface area contributed by atoms with E-state index in [2.05, 4.69) is 20.8 Å². The van der Waals surface area contributed by atoms with E-state index in [9.17, 15) is 4.79 Å². The van der Waals surface area contributed by atoms with Gasteiger partial charge in [-0.1, -0.05) is 20.8 Å². The van der Waals surface area contributed by atoms with Gasteiger partial charge in [0.15, 0.2) is 5.78 Å². The number of ether oxygens (including phenoxy) is 1. The third kappa shape index (κ3) is 4.42. The van der Waals surface area contributed by atoms with Crippen LogP contribution in [0.5, 0.6) is 0 Å². The summed E-state index contributed by atoms with van der Waals surface area (Å²) in [6.45, 7) is 7.30. The summed E-state index contributed by atoms with van der Waals surface area (Å²) in [5.74, 6) is 3.09. The highest BCUT2D eigenvalue weighted by Gasteiger charge is 2.37. The molecule has 3 unspecified atom stereocenters. The molecule has 0 aromatic carbocycles. The van der Waals surface area contributed by atoms with Gasteiger partial charge in [-0.25, -0.2) is 0 Å². The van der Waals surface area contributed by atoms with Gasteiger partial charge in [-0.2, -0.15) is 0 Å². The molecule has 17 heavy (non-hydrogen) atoms. The summed E-state index contributed by atoms with van der Waals surface area (Å²) >= 11 is 0. The van der Waals surface area contributed by atoms with Crippen molar-refractivity contribution < 1.29 is 9.53 Å². The maximum atomic E-state index is 12.1. The quantitative estimate of drug-likeness (QED) is 0.647. The third-order valence-electron chi connectivity index (χ3n) is 3.99. The smallest absolute Gasteiger partial charge is 0.161 e. The number of hydrogen-bond donors (Lipinski definition) is 0. The first-order chi connectivity index (χ1) is 8.06. The summed E-state index contributed by atoms with van der Waals surface area (Å²) in [6, 6.07) is 0. The lowest BCUT2D eigenvalue weighted by molar-refractivity contribution is -0.132. The minimum absolute atomic E-state index is 0.104. The van der Waals surface area contributed by atoms with Gasteiger partial charge in [0, 0.05) is 6.42 Å². The summed E-state index contributed by atoms with van der Waals surface area (Å²) in [5, 5.41) is 0. The highest BCUT2D eigenvalue weighted by atomic mass is 16.5. The summed E-state index contributed by atoms with van der Waals surface area (Å²) < 4.78 is 5.88. The van der Waals surface area contributed by atoms with Crippen LogP contribution < -0.4 is 0 Å². The average molecular weight is 238 g/mol. The molecule has 2 saturated carbocycles. The molecule has 3 atom stereocenters. The molecule has 0 radical (unpaired) electrons. The predicted molar refractivity (Wildman–Crippen MR) is 68.8 cm³/mol. The van der Waals surface area contributed by atoms with E-state index in [1.165, 1.54) is 19.3 Å². The van der Waals surface area contributed by atoms with Crippen molar-refractivity contribution in [2.24, 2.45) is 23.7 Å². The van der Waals surface area contributed by atoms with E-state index in [0.717, 1.165) is 30.8 Å². The zero-order valence-electron chi connectivity index (χ0n) is 11.4. The second-order valence-electron chi connectivity index (χ2n) is 6.54. The second-order valence-corrected chi connectivity index (χ2v) is 6.54. The zero-order valence-corrected chi connectivity index (χ0v) is 11.4. The van der Waals surface area contributed by atoms with Crippen molar-refractivity contribution >= 4 is 5.78 Å². The van der Waals surface area contributed by atoms with Crippen LogP contribution in [0, 0.1) is 23.7 Å². The Hall–Kier alpha value is -0.370. The lowest BCUT2D eigenvalue weighted by Gasteiger charge is -2.17. The Labute approximate surface area is 105 Å². The molecule has 2 aliphatic rings. The maximum absolute atomic E-state index is 12.1. The standard InChI is InChI=1S/C15H26O2/c1-10(2)6-14(16)15(8-13-7-11(13)3)17-9-12-4-5-12/h10-13,15H,4-9H2,1-3H3. The van der Waals surface area contributed by atoms with Crippen LogP contribution in [0.1, 0.15) is 52.9 Å². The van der Waals surface area contributed by atoms with Crippen LogP contribution in [0.25, 0.3) is 0 Å². The first-order valence-electron chi connectivity index (χ1n) is 7.20. The van der Waals surface area contributed by atoms with E-state index < -0.39 is 0 Å². The number of rotatable bonds is 8. The number of carbonyl (C=O) groups is 1. The molecule has 98 valence electrons. The minimum Gasteiger partial charge on any atom is -0.370 e. The van der Waals surface area contributed by atoms with Gasteiger partial charge in [-0.3, -0.25) is 4.79 Å². The van der Waals surface area contributed by atoms with Crippen LogP contribution in [0.2, 0.25) is 0 Å². The molecule has 0 aliphatic heterocycles. The van der Waals surface area contributed by atoms with Crippen LogP contribution in [0.3, 0.4) is 0 Å². The zero-order chi connectivity index (χ0) is 12.4. The van der Waals surface area contributed by atoms with Crippen molar-refractivity contribution in [3.05, 3.63) is 0 Å². The monoisotopic (exact) mass is 238 g/mol. The van der Waals surface area contributed by atoms with E-state index >= 15 is 0 Å². The van der Waals surface area contributed by atoms with E-state index in [4.69, 9.17) is 4.74 Å². The third-order valence-corrected chi connectivity index (χ3v) is 3.99. The topological polar surface area (TPSA) is 26.3 Å². The SMILES string of the molecule is CC(C)CC(=O)C(CC1CC1C)OCC1CC1. The van der Waals surface area contributed by atoms with Crippen molar-refractivity contribution in [3.8, 4) is 0 Å². The fourth-order valence-electron chi connectivity index (χ4n) is 2.37. The van der Waals surface area contributed by atoms with Crippen LogP contribution in [-0.4, -0.2) is 18.5 Å². The van der Waals surface area contributed by atoms with Crippen LogP contribution >= 0.6 is 0 Å². The van der Waals surface area contributed by atoms with Crippen LogP contribution in [-0.2, 0) is 9.53 Å². The van der Waals surface area contributed by atoms with Crippen molar-refractivity contribution in [1.82, 2.24) is 0 Å². The summed E-state index contributed by atoms with van der Waals surface area (Å²) in [4.78, 5) is 12.1. The Morgan fingerprint density at radius 3 is 2.47 bits per heavy atom. The largest absolute Gasteiger partial charge is 0.370 e. The Morgan fingerprint density at radius 1 is 1.35 bits per heavy atom. The Kier molecular flexibility index (Phi) is 4.24. The highest BCUT2D eigenvalue weighted by Crippen LogP contribution is 2.42. The average Bonchev–Trinajstić information content (AvgIpc) is 3.10. The Bertz CT molecular complexity index is 268. The van der Waals surface area contributed by atoms with Crippen molar-refractivity contribution in [3.63, 3.8) is 0 Å². The maximum Gasteiger partial charge on any atom is 0.161 e. The normalized spacial score (nSPS) is 29.4. The van der Waals surface area contributed by atoms with Crippen LogP contribution in [0.4, 0.5) is 0 Å². The fourth-order valence-corrected chi connectivity index (χ4v) is 2.37. The van der Waals surface area contributed by atoms with Gasteiger partial charge in [0.05, 0.1) is 6.61 Å². The van der Waals surface area contributed by atoms with E-state index in [1.54, 1.807) is 0 Å². The number of carbonyl (C=O) groups excluding carboxylic acids is 1. The first kappa shape index (κ1) is 13.1. The molecule has 2 aliphatic carbocycles. The molecule has 0 amide bonds. The van der Waals surface area contributed by atoms with Crippen molar-refractivity contribution in [1.29, 1.82) is 0 Å². The molecule has 2 nitrogen and oxygen atoms in total. The molecule has 2 fully saturated rings. The molecule has 0 aromatic heterocycles. The van der Waals surface area contributed by atoms with Gasteiger partial charge < -0.3 is 4.74 Å². The molecule has 0 heterocycles. The van der Waals surface area contributed by atoms with Crippen molar-refractivity contribution in [2.75, 3.05) is 6.61 Å². The van der Waals surface area contributed by atoms with Gasteiger partial charge in [0.1, 0.15) is 6.10 Å². The Balaban J connectivity index is 1.78. The fraction of sp³-hybridized carbons (Fsp3) is 0.933. The second kappa shape index (κ2) is 5.51. The van der Waals surface area contributed by atoms with Gasteiger partial charge in [0.2, 0.25) is 0 Å². The van der Waals surface area contributed by atoms with E-state index in [-0.39, 0.29) is 6.10 Å². The molecular formula is C15H26O2. The van der Waals surface area contributed by atoms with E-state index in [1.807, 2.05) is 0 Å².